The fourth-order valence-corrected chi connectivity index (χ4v) is 1.90. The van der Waals surface area contributed by atoms with Crippen LogP contribution in [-0.4, -0.2) is 29.8 Å². The molecule has 3 N–H and O–H groups in total. The summed E-state index contributed by atoms with van der Waals surface area (Å²) in [4.78, 5) is 8.43. The van der Waals surface area contributed by atoms with Gasteiger partial charge in [0.1, 0.15) is 5.69 Å². The van der Waals surface area contributed by atoms with Crippen LogP contribution in [-0.2, 0) is 4.74 Å². The Kier molecular flexibility index (Phi) is 5.97. The minimum atomic E-state index is -0.256. The summed E-state index contributed by atoms with van der Waals surface area (Å²) in [6.07, 6.45) is 3.11. The van der Waals surface area contributed by atoms with Gasteiger partial charge in [0, 0.05) is 19.0 Å². The summed E-state index contributed by atoms with van der Waals surface area (Å²) in [6, 6.07) is -0.256. The summed E-state index contributed by atoms with van der Waals surface area (Å²) in [6.45, 7) is 6.72. The second kappa shape index (κ2) is 7.25. The molecule has 0 saturated heterocycles. The van der Waals surface area contributed by atoms with Crippen LogP contribution >= 0.6 is 0 Å². The molecule has 2 atom stereocenters. The number of methoxy groups -OCH3 is 1. The average Bonchev–Trinajstić information content (AvgIpc) is 2.39. The number of rotatable bonds is 7. The lowest BCUT2D eigenvalue weighted by Gasteiger charge is -2.29. The van der Waals surface area contributed by atoms with Crippen molar-refractivity contribution in [3.63, 3.8) is 0 Å². The van der Waals surface area contributed by atoms with Crippen LogP contribution in [0.25, 0.3) is 0 Å². The molecule has 18 heavy (non-hydrogen) atoms. The Labute approximate surface area is 108 Å². The van der Waals surface area contributed by atoms with E-state index in [-0.39, 0.29) is 18.1 Å². The monoisotopic (exact) mass is 254 g/mol. The summed E-state index contributed by atoms with van der Waals surface area (Å²) >= 11 is 0. The van der Waals surface area contributed by atoms with E-state index in [1.54, 1.807) is 19.5 Å². The molecular formula is C12H22N4O2. The highest BCUT2D eigenvalue weighted by molar-refractivity contribution is 5.22. The fraction of sp³-hybridized carbons (Fsp3) is 0.667. The smallest absolute Gasteiger partial charge is 0.237 e. The van der Waals surface area contributed by atoms with E-state index in [1.165, 1.54) is 0 Å². The third-order valence-electron chi connectivity index (χ3n) is 2.70. The molecule has 0 fully saturated rings. The Balaban J connectivity index is 3.06. The van der Waals surface area contributed by atoms with E-state index in [0.717, 1.165) is 0 Å². The molecule has 0 aromatic carbocycles. The highest BCUT2D eigenvalue weighted by atomic mass is 16.5. The minimum absolute atomic E-state index is 0.0920. The molecule has 0 aliphatic rings. The standard InChI is InChI=1S/C12H22N4O2/c1-5-18-11(8(2)3)9(16-13)10-12(17-4)15-7-6-14-10/h6-9,11,16H,5,13H2,1-4H3. The lowest BCUT2D eigenvalue weighted by molar-refractivity contribution is 0.00105. The van der Waals surface area contributed by atoms with Gasteiger partial charge in [-0.25, -0.2) is 10.4 Å². The maximum atomic E-state index is 5.74. The van der Waals surface area contributed by atoms with Gasteiger partial charge in [0.15, 0.2) is 0 Å². The van der Waals surface area contributed by atoms with Gasteiger partial charge in [0.05, 0.1) is 19.3 Å². The maximum absolute atomic E-state index is 5.74. The normalized spacial score (nSPS) is 14.6. The highest BCUT2D eigenvalue weighted by Crippen LogP contribution is 2.27. The molecule has 0 spiro atoms. The molecule has 102 valence electrons. The fourth-order valence-electron chi connectivity index (χ4n) is 1.90. The van der Waals surface area contributed by atoms with Crippen LogP contribution in [0.3, 0.4) is 0 Å². The molecule has 0 saturated carbocycles. The van der Waals surface area contributed by atoms with E-state index in [2.05, 4.69) is 29.2 Å². The van der Waals surface area contributed by atoms with Gasteiger partial charge >= 0.3 is 0 Å². The summed E-state index contributed by atoms with van der Waals surface area (Å²) < 4.78 is 11.0. The Morgan fingerprint density at radius 1 is 1.33 bits per heavy atom. The number of nitrogens with one attached hydrogen (secondary N) is 1. The molecule has 1 aromatic rings. The van der Waals surface area contributed by atoms with E-state index in [1.807, 2.05) is 6.92 Å². The number of hydrogen-bond acceptors (Lipinski definition) is 6. The van der Waals surface area contributed by atoms with Crippen molar-refractivity contribution in [3.8, 4) is 5.88 Å². The van der Waals surface area contributed by atoms with E-state index in [9.17, 15) is 0 Å². The largest absolute Gasteiger partial charge is 0.480 e. The summed E-state index contributed by atoms with van der Waals surface area (Å²) in [5.41, 5.74) is 3.41. The Morgan fingerprint density at radius 3 is 2.50 bits per heavy atom. The Morgan fingerprint density at radius 2 is 2.00 bits per heavy atom. The maximum Gasteiger partial charge on any atom is 0.237 e. The number of ether oxygens (including phenoxy) is 2. The van der Waals surface area contributed by atoms with Gasteiger partial charge in [-0.3, -0.25) is 10.8 Å². The first-order valence-corrected chi connectivity index (χ1v) is 6.08. The van der Waals surface area contributed by atoms with Crippen molar-refractivity contribution in [1.82, 2.24) is 15.4 Å². The highest BCUT2D eigenvalue weighted by Gasteiger charge is 2.29. The first kappa shape index (κ1) is 14.8. The average molecular weight is 254 g/mol. The number of nitrogens with zero attached hydrogens (tertiary/aromatic N) is 2. The predicted octanol–water partition coefficient (Wildman–Crippen LogP) is 1.05. The molecule has 1 rings (SSSR count). The van der Waals surface area contributed by atoms with Gasteiger partial charge in [0.2, 0.25) is 5.88 Å². The molecule has 6 nitrogen and oxygen atoms in total. The molecule has 0 bridgehead atoms. The third kappa shape index (κ3) is 3.38. The van der Waals surface area contributed by atoms with Crippen molar-refractivity contribution < 1.29 is 9.47 Å². The summed E-state index contributed by atoms with van der Waals surface area (Å²) in [7, 11) is 1.56. The van der Waals surface area contributed by atoms with Crippen LogP contribution < -0.4 is 16.0 Å². The van der Waals surface area contributed by atoms with Crippen molar-refractivity contribution in [1.29, 1.82) is 0 Å². The molecule has 1 heterocycles. The number of aromatic nitrogens is 2. The number of nitrogens with two attached hydrogens (primary N) is 1. The van der Waals surface area contributed by atoms with E-state index < -0.39 is 0 Å². The van der Waals surface area contributed by atoms with Gasteiger partial charge < -0.3 is 9.47 Å². The van der Waals surface area contributed by atoms with Crippen LogP contribution in [0.2, 0.25) is 0 Å². The van der Waals surface area contributed by atoms with Crippen LogP contribution in [0.4, 0.5) is 0 Å². The van der Waals surface area contributed by atoms with Crippen LogP contribution in [0.5, 0.6) is 5.88 Å². The van der Waals surface area contributed by atoms with Gasteiger partial charge in [-0.2, -0.15) is 0 Å². The van der Waals surface area contributed by atoms with Crippen molar-refractivity contribution in [2.24, 2.45) is 11.8 Å². The van der Waals surface area contributed by atoms with Gasteiger partial charge in [-0.15, -0.1) is 0 Å². The minimum Gasteiger partial charge on any atom is -0.480 e. The van der Waals surface area contributed by atoms with Crippen molar-refractivity contribution in [3.05, 3.63) is 18.1 Å². The molecule has 6 heteroatoms. The third-order valence-corrected chi connectivity index (χ3v) is 2.70. The molecule has 0 aliphatic heterocycles. The van der Waals surface area contributed by atoms with E-state index in [0.29, 0.717) is 18.2 Å². The quantitative estimate of drug-likeness (QED) is 0.559. The number of hydrogen-bond donors (Lipinski definition) is 2. The predicted molar refractivity (Wildman–Crippen MR) is 68.9 cm³/mol. The zero-order valence-corrected chi connectivity index (χ0v) is 11.4. The Bertz CT molecular complexity index is 360. The van der Waals surface area contributed by atoms with Gasteiger partial charge in [0.25, 0.3) is 0 Å². The zero-order chi connectivity index (χ0) is 13.5. The van der Waals surface area contributed by atoms with Crippen molar-refractivity contribution in [2.45, 2.75) is 32.9 Å². The topological polar surface area (TPSA) is 82.3 Å². The second-order valence-electron chi connectivity index (χ2n) is 4.26. The SMILES string of the molecule is CCOC(C(C)C)C(NN)c1nccnc1OC. The second-order valence-corrected chi connectivity index (χ2v) is 4.26. The van der Waals surface area contributed by atoms with Gasteiger partial charge in [-0.1, -0.05) is 13.8 Å². The first-order valence-electron chi connectivity index (χ1n) is 6.08. The van der Waals surface area contributed by atoms with Crippen molar-refractivity contribution >= 4 is 0 Å². The van der Waals surface area contributed by atoms with Gasteiger partial charge in [-0.05, 0) is 12.8 Å². The molecule has 0 radical (unpaired) electrons. The van der Waals surface area contributed by atoms with E-state index in [4.69, 9.17) is 15.3 Å². The van der Waals surface area contributed by atoms with Crippen LogP contribution in [0.1, 0.15) is 32.5 Å². The van der Waals surface area contributed by atoms with Crippen LogP contribution in [0, 0.1) is 5.92 Å². The van der Waals surface area contributed by atoms with Crippen molar-refractivity contribution in [2.75, 3.05) is 13.7 Å². The molecular weight excluding hydrogens is 232 g/mol. The lowest BCUT2D eigenvalue weighted by atomic mass is 9.97. The Hall–Kier alpha value is -1.24. The summed E-state index contributed by atoms with van der Waals surface area (Å²) in [5.74, 6) is 6.40. The summed E-state index contributed by atoms with van der Waals surface area (Å²) in [5, 5.41) is 0. The van der Waals surface area contributed by atoms with Crippen LogP contribution in [0.15, 0.2) is 12.4 Å². The molecule has 0 aliphatic carbocycles. The van der Waals surface area contributed by atoms with E-state index >= 15 is 0 Å². The lowest BCUT2D eigenvalue weighted by Crippen LogP contribution is -2.41. The first-order chi connectivity index (χ1) is 8.65. The number of hydrazine groups is 1. The molecule has 0 amide bonds. The zero-order valence-electron chi connectivity index (χ0n) is 11.4. The molecule has 1 aromatic heterocycles. The molecule has 2 unspecified atom stereocenters.